The van der Waals surface area contributed by atoms with Crippen molar-refractivity contribution >= 4 is 5.96 Å². The van der Waals surface area contributed by atoms with Crippen molar-refractivity contribution in [3.63, 3.8) is 0 Å². The molecule has 0 amide bonds. The Hall–Kier alpha value is -2.38. The molecule has 1 aromatic heterocycles. The van der Waals surface area contributed by atoms with Gasteiger partial charge in [-0.25, -0.2) is 4.99 Å². The van der Waals surface area contributed by atoms with E-state index < -0.39 is 0 Å². The second-order valence-electron chi connectivity index (χ2n) is 6.70. The fourth-order valence-electron chi connectivity index (χ4n) is 3.03. The molecule has 1 aromatic carbocycles. The van der Waals surface area contributed by atoms with Gasteiger partial charge in [-0.3, -0.25) is 9.58 Å². The lowest BCUT2D eigenvalue weighted by molar-refractivity contribution is 0.0342. The van der Waals surface area contributed by atoms with E-state index in [0.717, 1.165) is 51.0 Å². The first-order chi connectivity index (χ1) is 13.2. The van der Waals surface area contributed by atoms with Crippen LogP contribution in [0.2, 0.25) is 0 Å². The SMILES string of the molecule is CCNC(=NCc1ccc(CN2CCOCC2)cc1)NCc1ccnn1C. The number of aliphatic imine (C=N–C) groups is 1. The van der Waals surface area contributed by atoms with Gasteiger partial charge in [0.2, 0.25) is 0 Å². The third-order valence-corrected chi connectivity index (χ3v) is 4.66. The van der Waals surface area contributed by atoms with Gasteiger partial charge >= 0.3 is 0 Å². The fourth-order valence-corrected chi connectivity index (χ4v) is 3.03. The Morgan fingerprint density at radius 1 is 1.11 bits per heavy atom. The Bertz CT molecular complexity index is 718. The highest BCUT2D eigenvalue weighted by molar-refractivity contribution is 5.79. The van der Waals surface area contributed by atoms with Crippen molar-refractivity contribution in [1.29, 1.82) is 0 Å². The van der Waals surface area contributed by atoms with E-state index in [1.165, 1.54) is 11.1 Å². The summed E-state index contributed by atoms with van der Waals surface area (Å²) < 4.78 is 7.27. The number of nitrogens with zero attached hydrogens (tertiary/aromatic N) is 4. The number of hydrogen-bond acceptors (Lipinski definition) is 4. The molecule has 1 fully saturated rings. The number of rotatable bonds is 7. The Morgan fingerprint density at radius 2 is 1.85 bits per heavy atom. The van der Waals surface area contributed by atoms with Crippen LogP contribution in [-0.4, -0.2) is 53.5 Å². The van der Waals surface area contributed by atoms with Crippen molar-refractivity contribution < 1.29 is 4.74 Å². The number of hydrogen-bond donors (Lipinski definition) is 2. The molecule has 0 bridgehead atoms. The molecule has 7 heteroatoms. The lowest BCUT2D eigenvalue weighted by Crippen LogP contribution is -2.37. The molecule has 2 aromatic rings. The molecule has 1 saturated heterocycles. The summed E-state index contributed by atoms with van der Waals surface area (Å²) in [7, 11) is 1.94. The summed E-state index contributed by atoms with van der Waals surface area (Å²) in [4.78, 5) is 7.13. The summed E-state index contributed by atoms with van der Waals surface area (Å²) in [5.41, 5.74) is 3.66. The van der Waals surface area contributed by atoms with Crippen LogP contribution in [0.25, 0.3) is 0 Å². The van der Waals surface area contributed by atoms with Gasteiger partial charge < -0.3 is 15.4 Å². The first-order valence-electron chi connectivity index (χ1n) is 9.61. The Labute approximate surface area is 161 Å². The minimum Gasteiger partial charge on any atom is -0.379 e. The van der Waals surface area contributed by atoms with Crippen LogP contribution in [0.5, 0.6) is 0 Å². The van der Waals surface area contributed by atoms with Gasteiger partial charge in [0.05, 0.1) is 32.0 Å². The minimum absolute atomic E-state index is 0.651. The second-order valence-corrected chi connectivity index (χ2v) is 6.70. The number of aryl methyl sites for hydroxylation is 1. The third-order valence-electron chi connectivity index (χ3n) is 4.66. The van der Waals surface area contributed by atoms with Crippen LogP contribution in [0, 0.1) is 0 Å². The topological polar surface area (TPSA) is 66.7 Å². The molecule has 27 heavy (non-hydrogen) atoms. The van der Waals surface area contributed by atoms with E-state index in [1.807, 2.05) is 17.8 Å². The quantitative estimate of drug-likeness (QED) is 0.571. The van der Waals surface area contributed by atoms with Gasteiger partial charge in [-0.15, -0.1) is 0 Å². The lowest BCUT2D eigenvalue weighted by Gasteiger charge is -2.26. The highest BCUT2D eigenvalue weighted by atomic mass is 16.5. The van der Waals surface area contributed by atoms with Gasteiger partial charge in [-0.05, 0) is 24.1 Å². The van der Waals surface area contributed by atoms with Crippen LogP contribution >= 0.6 is 0 Å². The van der Waals surface area contributed by atoms with E-state index >= 15 is 0 Å². The molecule has 2 N–H and O–H groups in total. The van der Waals surface area contributed by atoms with Crippen LogP contribution in [-0.2, 0) is 31.4 Å². The molecule has 0 aliphatic carbocycles. The molecule has 3 rings (SSSR count). The average molecular weight is 371 g/mol. The monoisotopic (exact) mass is 370 g/mol. The van der Waals surface area contributed by atoms with Crippen LogP contribution in [0.15, 0.2) is 41.5 Å². The standard InChI is InChI=1S/C20H30N6O/c1-3-21-20(23-15-19-8-9-24-25(19)2)22-14-17-4-6-18(7-5-17)16-26-10-12-27-13-11-26/h4-9H,3,10-16H2,1-2H3,(H2,21,22,23). The van der Waals surface area contributed by atoms with Crippen molar-refractivity contribution in [2.75, 3.05) is 32.8 Å². The largest absolute Gasteiger partial charge is 0.379 e. The maximum atomic E-state index is 5.41. The Balaban J connectivity index is 1.52. The highest BCUT2D eigenvalue weighted by Crippen LogP contribution is 2.10. The molecule has 0 radical (unpaired) electrons. The van der Waals surface area contributed by atoms with E-state index in [4.69, 9.17) is 9.73 Å². The number of nitrogens with one attached hydrogen (secondary N) is 2. The molecule has 1 aliphatic heterocycles. The molecule has 7 nitrogen and oxygen atoms in total. The van der Waals surface area contributed by atoms with Crippen molar-refractivity contribution in [3.8, 4) is 0 Å². The van der Waals surface area contributed by atoms with E-state index in [2.05, 4.69) is 51.8 Å². The average Bonchev–Trinajstić information content (AvgIpc) is 3.11. The molecular formula is C20H30N6O. The van der Waals surface area contributed by atoms with Crippen LogP contribution in [0.1, 0.15) is 23.7 Å². The van der Waals surface area contributed by atoms with E-state index in [0.29, 0.717) is 13.1 Å². The van der Waals surface area contributed by atoms with Gasteiger partial charge in [0, 0.05) is 39.4 Å². The Kier molecular flexibility index (Phi) is 7.24. The summed E-state index contributed by atoms with van der Waals surface area (Å²) in [6, 6.07) is 10.8. The lowest BCUT2D eigenvalue weighted by atomic mass is 10.1. The van der Waals surface area contributed by atoms with Gasteiger partial charge in [-0.1, -0.05) is 24.3 Å². The number of ether oxygens (including phenoxy) is 1. The van der Waals surface area contributed by atoms with Crippen LogP contribution < -0.4 is 10.6 Å². The molecule has 0 spiro atoms. The van der Waals surface area contributed by atoms with Crippen molar-refractivity contribution in [1.82, 2.24) is 25.3 Å². The molecule has 0 atom stereocenters. The molecule has 0 saturated carbocycles. The minimum atomic E-state index is 0.651. The van der Waals surface area contributed by atoms with E-state index in [9.17, 15) is 0 Å². The first-order valence-corrected chi connectivity index (χ1v) is 9.61. The number of aromatic nitrogens is 2. The van der Waals surface area contributed by atoms with Gasteiger partial charge in [0.25, 0.3) is 0 Å². The summed E-state index contributed by atoms with van der Waals surface area (Å²) in [5, 5.41) is 10.8. The van der Waals surface area contributed by atoms with Gasteiger partial charge in [-0.2, -0.15) is 5.10 Å². The molecule has 1 aliphatic rings. The molecule has 0 unspecified atom stereocenters. The summed E-state index contributed by atoms with van der Waals surface area (Å²) in [5.74, 6) is 0.816. The van der Waals surface area contributed by atoms with Crippen molar-refractivity contribution in [2.45, 2.75) is 26.6 Å². The molecule has 146 valence electrons. The van der Waals surface area contributed by atoms with E-state index in [-0.39, 0.29) is 0 Å². The predicted molar refractivity (Wildman–Crippen MR) is 107 cm³/mol. The van der Waals surface area contributed by atoms with Crippen molar-refractivity contribution in [3.05, 3.63) is 53.3 Å². The highest BCUT2D eigenvalue weighted by Gasteiger charge is 2.10. The fraction of sp³-hybridized carbons (Fsp3) is 0.500. The summed E-state index contributed by atoms with van der Waals surface area (Å²) >= 11 is 0. The Morgan fingerprint density at radius 3 is 2.52 bits per heavy atom. The normalized spacial score (nSPS) is 15.7. The van der Waals surface area contributed by atoms with Gasteiger partial charge in [0.1, 0.15) is 0 Å². The van der Waals surface area contributed by atoms with Crippen LogP contribution in [0.4, 0.5) is 0 Å². The number of benzene rings is 1. The molecule has 2 heterocycles. The number of morpholine rings is 1. The zero-order valence-electron chi connectivity index (χ0n) is 16.3. The first kappa shape index (κ1) is 19.4. The summed E-state index contributed by atoms with van der Waals surface area (Å²) in [6.07, 6.45) is 1.81. The third kappa shape index (κ3) is 6.08. The van der Waals surface area contributed by atoms with Crippen molar-refractivity contribution in [2.24, 2.45) is 12.0 Å². The second kappa shape index (κ2) is 10.1. The zero-order valence-corrected chi connectivity index (χ0v) is 16.3. The summed E-state index contributed by atoms with van der Waals surface area (Å²) in [6.45, 7) is 8.94. The maximum absolute atomic E-state index is 5.41. The van der Waals surface area contributed by atoms with E-state index in [1.54, 1.807) is 6.20 Å². The smallest absolute Gasteiger partial charge is 0.191 e. The van der Waals surface area contributed by atoms with Crippen LogP contribution in [0.3, 0.4) is 0 Å². The maximum Gasteiger partial charge on any atom is 0.191 e. The zero-order chi connectivity index (χ0) is 18.9. The molecular weight excluding hydrogens is 340 g/mol. The van der Waals surface area contributed by atoms with Gasteiger partial charge in [0.15, 0.2) is 5.96 Å². The predicted octanol–water partition coefficient (Wildman–Crippen LogP) is 1.51. The number of guanidine groups is 1.